The average molecular weight is 491 g/mol. The second-order valence-corrected chi connectivity index (χ2v) is 9.67. The molecule has 6 nitrogen and oxygen atoms in total. The molecule has 3 rings (SSSR count). The van der Waals surface area contributed by atoms with Gasteiger partial charge in [-0.1, -0.05) is 11.6 Å². The van der Waals surface area contributed by atoms with Gasteiger partial charge in [0.2, 0.25) is 15.9 Å². The monoisotopic (exact) mass is 490 g/mol. The summed E-state index contributed by atoms with van der Waals surface area (Å²) < 4.78 is 71.1. The first-order chi connectivity index (χ1) is 15.0. The van der Waals surface area contributed by atoms with Crippen LogP contribution in [0.3, 0.4) is 0 Å². The number of rotatable bonds is 7. The number of methoxy groups -OCH3 is 1. The Labute approximate surface area is 189 Å². The molecule has 0 bridgehead atoms. The molecule has 0 saturated carbocycles. The lowest BCUT2D eigenvalue weighted by Gasteiger charge is -2.17. The van der Waals surface area contributed by atoms with Crippen LogP contribution in [-0.4, -0.2) is 38.8 Å². The van der Waals surface area contributed by atoms with E-state index in [4.69, 9.17) is 16.3 Å². The molecular formula is C21H22ClF3N2O4S. The van der Waals surface area contributed by atoms with Crippen molar-refractivity contribution in [1.82, 2.24) is 4.31 Å². The first-order valence-electron chi connectivity index (χ1n) is 9.86. The van der Waals surface area contributed by atoms with Crippen molar-refractivity contribution in [1.29, 1.82) is 0 Å². The van der Waals surface area contributed by atoms with E-state index < -0.39 is 27.7 Å². The largest absolute Gasteiger partial charge is 0.496 e. The molecule has 2 aromatic rings. The Balaban J connectivity index is 1.74. The van der Waals surface area contributed by atoms with Crippen molar-refractivity contribution in [3.8, 4) is 5.75 Å². The van der Waals surface area contributed by atoms with Crippen molar-refractivity contribution in [2.45, 2.75) is 36.8 Å². The van der Waals surface area contributed by atoms with Crippen LogP contribution in [0.5, 0.6) is 5.75 Å². The van der Waals surface area contributed by atoms with E-state index in [9.17, 15) is 26.4 Å². The second kappa shape index (κ2) is 9.68. The van der Waals surface area contributed by atoms with Crippen molar-refractivity contribution in [2.75, 3.05) is 25.5 Å². The number of amides is 1. The first-order valence-corrected chi connectivity index (χ1v) is 11.7. The number of aryl methyl sites for hydroxylation is 1. The Morgan fingerprint density at radius 2 is 1.84 bits per heavy atom. The van der Waals surface area contributed by atoms with Gasteiger partial charge in [0, 0.05) is 19.5 Å². The molecule has 1 aliphatic rings. The van der Waals surface area contributed by atoms with Gasteiger partial charge in [-0.05, 0) is 61.2 Å². The van der Waals surface area contributed by atoms with Crippen LogP contribution in [0.15, 0.2) is 41.3 Å². The zero-order valence-electron chi connectivity index (χ0n) is 17.2. The predicted molar refractivity (Wildman–Crippen MR) is 114 cm³/mol. The lowest BCUT2D eigenvalue weighted by atomic mass is 10.1. The maximum atomic E-state index is 12.9. The molecular weight excluding hydrogens is 469 g/mol. The molecule has 0 aromatic heterocycles. The zero-order valence-corrected chi connectivity index (χ0v) is 18.8. The molecule has 1 saturated heterocycles. The quantitative estimate of drug-likeness (QED) is 0.609. The van der Waals surface area contributed by atoms with E-state index in [0.717, 1.165) is 31.0 Å². The third kappa shape index (κ3) is 5.54. The van der Waals surface area contributed by atoms with Gasteiger partial charge in [0.15, 0.2) is 0 Å². The molecule has 11 heteroatoms. The topological polar surface area (TPSA) is 75.7 Å². The molecule has 0 spiro atoms. The number of sulfonamides is 1. The van der Waals surface area contributed by atoms with Crippen LogP contribution < -0.4 is 10.1 Å². The highest BCUT2D eigenvalue weighted by Crippen LogP contribution is 2.34. The van der Waals surface area contributed by atoms with Crippen molar-refractivity contribution in [3.63, 3.8) is 0 Å². The summed E-state index contributed by atoms with van der Waals surface area (Å²) in [7, 11) is -2.22. The van der Waals surface area contributed by atoms with Crippen molar-refractivity contribution in [3.05, 3.63) is 52.5 Å². The summed E-state index contributed by atoms with van der Waals surface area (Å²) in [6.07, 6.45) is -2.95. The highest BCUT2D eigenvalue weighted by Gasteiger charge is 2.31. The van der Waals surface area contributed by atoms with Crippen LogP contribution in [0.2, 0.25) is 5.02 Å². The molecule has 1 aliphatic heterocycles. The minimum atomic E-state index is -4.57. The average Bonchev–Trinajstić information content (AvgIpc) is 3.28. The number of carbonyl (C=O) groups excluding carboxylic acids is 1. The number of alkyl halides is 3. The van der Waals surface area contributed by atoms with Gasteiger partial charge in [0.05, 0.1) is 28.3 Å². The summed E-state index contributed by atoms with van der Waals surface area (Å²) in [5.74, 6) is -0.156. The number of nitrogens with one attached hydrogen (secondary N) is 1. The van der Waals surface area contributed by atoms with Gasteiger partial charge >= 0.3 is 6.18 Å². The number of hydrogen-bond donors (Lipinski definition) is 1. The number of nitrogens with zero attached hydrogens (tertiary/aromatic N) is 1. The number of ether oxygens (including phenoxy) is 1. The van der Waals surface area contributed by atoms with E-state index in [2.05, 4.69) is 5.32 Å². The Kier molecular flexibility index (Phi) is 7.36. The van der Waals surface area contributed by atoms with Crippen LogP contribution in [0.4, 0.5) is 18.9 Å². The molecule has 1 N–H and O–H groups in total. The smallest absolute Gasteiger partial charge is 0.416 e. The van der Waals surface area contributed by atoms with E-state index in [0.29, 0.717) is 24.4 Å². The predicted octanol–water partition coefficient (Wildman–Crippen LogP) is 4.72. The lowest BCUT2D eigenvalue weighted by Crippen LogP contribution is -2.28. The minimum Gasteiger partial charge on any atom is -0.496 e. The van der Waals surface area contributed by atoms with Gasteiger partial charge < -0.3 is 10.1 Å². The summed E-state index contributed by atoms with van der Waals surface area (Å²) >= 11 is 5.91. The van der Waals surface area contributed by atoms with E-state index in [1.807, 2.05) is 0 Å². The molecule has 0 unspecified atom stereocenters. The molecule has 0 radical (unpaired) electrons. The van der Waals surface area contributed by atoms with Gasteiger partial charge in [-0.15, -0.1) is 0 Å². The third-order valence-corrected chi connectivity index (χ3v) is 7.37. The molecule has 32 heavy (non-hydrogen) atoms. The fraction of sp³-hybridized carbons (Fsp3) is 0.381. The number of halogens is 4. The Bertz CT molecular complexity index is 1100. The Morgan fingerprint density at radius 3 is 2.47 bits per heavy atom. The summed E-state index contributed by atoms with van der Waals surface area (Å²) in [4.78, 5) is 12.5. The summed E-state index contributed by atoms with van der Waals surface area (Å²) in [5, 5.41) is 2.36. The number of anilines is 1. The van der Waals surface area contributed by atoms with Gasteiger partial charge in [0.1, 0.15) is 5.75 Å². The molecule has 1 amide bonds. The van der Waals surface area contributed by atoms with Crippen LogP contribution in [0.1, 0.15) is 30.4 Å². The van der Waals surface area contributed by atoms with Gasteiger partial charge in [-0.2, -0.15) is 17.5 Å². The van der Waals surface area contributed by atoms with Gasteiger partial charge in [0.25, 0.3) is 0 Å². The van der Waals surface area contributed by atoms with E-state index in [-0.39, 0.29) is 28.4 Å². The van der Waals surface area contributed by atoms with Crippen molar-refractivity contribution >= 4 is 33.2 Å². The third-order valence-electron chi connectivity index (χ3n) is 5.14. The second-order valence-electron chi connectivity index (χ2n) is 7.33. The van der Waals surface area contributed by atoms with Gasteiger partial charge in [-0.25, -0.2) is 8.42 Å². The minimum absolute atomic E-state index is 0.0253. The Morgan fingerprint density at radius 1 is 1.16 bits per heavy atom. The first kappa shape index (κ1) is 24.3. The van der Waals surface area contributed by atoms with Gasteiger partial charge in [-0.3, -0.25) is 4.79 Å². The van der Waals surface area contributed by atoms with Crippen LogP contribution in [0.25, 0.3) is 0 Å². The summed E-state index contributed by atoms with van der Waals surface area (Å²) in [5.41, 5.74) is -0.583. The number of carbonyl (C=O) groups is 1. The van der Waals surface area contributed by atoms with Crippen molar-refractivity contribution < 1.29 is 31.1 Å². The molecule has 1 fully saturated rings. The van der Waals surface area contributed by atoms with Crippen molar-refractivity contribution in [2.24, 2.45) is 0 Å². The highest BCUT2D eigenvalue weighted by molar-refractivity contribution is 7.89. The number of hydrogen-bond acceptors (Lipinski definition) is 4. The summed E-state index contributed by atoms with van der Waals surface area (Å²) in [6, 6.07) is 7.12. The normalized spacial score (nSPS) is 15.0. The standard InChI is InChI=1S/C21H22ClF3N2O4S/c1-31-19-8-6-16(32(29,30)27-10-2-3-11-27)12-14(19)4-9-20(28)26-18-13-15(21(23,24)25)5-7-17(18)22/h5-8,12-13H,2-4,9-11H2,1H3,(H,26,28). The van der Waals surface area contributed by atoms with E-state index in [1.165, 1.54) is 29.6 Å². The highest BCUT2D eigenvalue weighted by atomic mass is 35.5. The molecule has 174 valence electrons. The fourth-order valence-electron chi connectivity index (χ4n) is 3.45. The van der Waals surface area contributed by atoms with Crippen LogP contribution in [-0.2, 0) is 27.4 Å². The maximum absolute atomic E-state index is 12.9. The molecule has 0 aliphatic carbocycles. The van der Waals surface area contributed by atoms with E-state index in [1.54, 1.807) is 0 Å². The van der Waals surface area contributed by atoms with E-state index >= 15 is 0 Å². The lowest BCUT2D eigenvalue weighted by molar-refractivity contribution is -0.137. The maximum Gasteiger partial charge on any atom is 0.416 e. The number of benzene rings is 2. The summed E-state index contributed by atoms with van der Waals surface area (Å²) in [6.45, 7) is 0.924. The fourth-order valence-corrected chi connectivity index (χ4v) is 5.18. The molecule has 0 atom stereocenters. The van der Waals surface area contributed by atoms with Crippen LogP contribution in [0, 0.1) is 0 Å². The molecule has 1 heterocycles. The zero-order chi connectivity index (χ0) is 23.5. The SMILES string of the molecule is COc1ccc(S(=O)(=O)N2CCCC2)cc1CCC(=O)Nc1cc(C(F)(F)F)ccc1Cl. The van der Waals surface area contributed by atoms with Crippen LogP contribution >= 0.6 is 11.6 Å². The Hall–Kier alpha value is -2.30. The molecule has 2 aromatic carbocycles.